The van der Waals surface area contributed by atoms with Crippen LogP contribution in [-0.4, -0.2) is 68.8 Å². The molecule has 0 aliphatic carbocycles. The van der Waals surface area contributed by atoms with Gasteiger partial charge in [-0.3, -0.25) is 0 Å². The minimum atomic E-state index is -3.86. The van der Waals surface area contributed by atoms with Gasteiger partial charge in [0.1, 0.15) is 23.0 Å². The van der Waals surface area contributed by atoms with E-state index >= 15 is 0 Å². The van der Waals surface area contributed by atoms with Crippen molar-refractivity contribution >= 4 is 15.7 Å². The average molecular weight is 544 g/mol. The van der Waals surface area contributed by atoms with Crippen molar-refractivity contribution in [2.24, 2.45) is 0 Å². The highest BCUT2D eigenvalue weighted by Crippen LogP contribution is 2.32. The SMILES string of the molecule is CCOc1ccc(S(=O)(=O)NCCOc2ccc3nnc(-c4ccc(OC)c(OC)c4)n3n2)c(OCC)c1. The van der Waals surface area contributed by atoms with Crippen molar-refractivity contribution in [2.75, 3.05) is 40.6 Å². The summed E-state index contributed by atoms with van der Waals surface area (Å²) in [5.74, 6) is 2.63. The maximum absolute atomic E-state index is 12.9. The molecule has 0 unspecified atom stereocenters. The van der Waals surface area contributed by atoms with Gasteiger partial charge in [-0.2, -0.15) is 4.52 Å². The zero-order valence-electron chi connectivity index (χ0n) is 21.5. The number of sulfonamides is 1. The topological polar surface area (TPSA) is 135 Å². The Bertz CT molecular complexity index is 1510. The van der Waals surface area contributed by atoms with Gasteiger partial charge in [0.15, 0.2) is 23.0 Å². The molecule has 0 bridgehead atoms. The van der Waals surface area contributed by atoms with Crippen LogP contribution in [0.2, 0.25) is 0 Å². The van der Waals surface area contributed by atoms with Crippen LogP contribution in [0.25, 0.3) is 17.0 Å². The predicted molar refractivity (Wildman–Crippen MR) is 139 cm³/mol. The summed E-state index contributed by atoms with van der Waals surface area (Å²) in [4.78, 5) is 0.0198. The number of hydrogen-bond acceptors (Lipinski definition) is 10. The molecule has 0 fully saturated rings. The molecule has 13 heteroatoms. The molecule has 38 heavy (non-hydrogen) atoms. The molecule has 2 aromatic heterocycles. The van der Waals surface area contributed by atoms with Crippen molar-refractivity contribution in [3.63, 3.8) is 0 Å². The van der Waals surface area contributed by atoms with E-state index in [9.17, 15) is 8.42 Å². The number of aromatic nitrogens is 4. The number of hydrogen-bond donors (Lipinski definition) is 1. The molecule has 12 nitrogen and oxygen atoms in total. The highest BCUT2D eigenvalue weighted by Gasteiger charge is 2.20. The summed E-state index contributed by atoms with van der Waals surface area (Å²) in [6.45, 7) is 4.43. The Morgan fingerprint density at radius 3 is 2.37 bits per heavy atom. The average Bonchev–Trinajstić information content (AvgIpc) is 3.34. The Morgan fingerprint density at radius 1 is 0.842 bits per heavy atom. The van der Waals surface area contributed by atoms with Gasteiger partial charge in [0.2, 0.25) is 15.9 Å². The number of fused-ring (bicyclic) bond motifs is 1. The first-order valence-corrected chi connectivity index (χ1v) is 13.4. The first kappa shape index (κ1) is 26.9. The van der Waals surface area contributed by atoms with Crippen LogP contribution in [0.15, 0.2) is 53.4 Å². The van der Waals surface area contributed by atoms with Gasteiger partial charge in [-0.05, 0) is 50.2 Å². The lowest BCUT2D eigenvalue weighted by molar-refractivity contribution is 0.305. The van der Waals surface area contributed by atoms with Gasteiger partial charge in [-0.15, -0.1) is 15.3 Å². The van der Waals surface area contributed by atoms with Crippen molar-refractivity contribution < 1.29 is 32.1 Å². The van der Waals surface area contributed by atoms with Crippen LogP contribution in [0.1, 0.15) is 13.8 Å². The quantitative estimate of drug-likeness (QED) is 0.251. The van der Waals surface area contributed by atoms with Crippen LogP contribution in [0, 0.1) is 0 Å². The molecule has 2 heterocycles. The number of benzene rings is 2. The van der Waals surface area contributed by atoms with Crippen molar-refractivity contribution in [3.8, 4) is 40.3 Å². The van der Waals surface area contributed by atoms with E-state index in [1.54, 1.807) is 57.5 Å². The fourth-order valence-electron chi connectivity index (χ4n) is 3.65. The van der Waals surface area contributed by atoms with Crippen LogP contribution in [0.3, 0.4) is 0 Å². The molecule has 202 valence electrons. The number of nitrogens with one attached hydrogen (secondary N) is 1. The van der Waals surface area contributed by atoms with Gasteiger partial charge in [-0.1, -0.05) is 0 Å². The molecule has 0 saturated heterocycles. The highest BCUT2D eigenvalue weighted by atomic mass is 32.2. The second kappa shape index (κ2) is 12.0. The van der Waals surface area contributed by atoms with E-state index in [2.05, 4.69) is 20.0 Å². The Morgan fingerprint density at radius 2 is 1.63 bits per heavy atom. The van der Waals surface area contributed by atoms with E-state index in [1.807, 2.05) is 13.0 Å². The van der Waals surface area contributed by atoms with E-state index in [0.29, 0.717) is 47.5 Å². The summed E-state index contributed by atoms with van der Waals surface area (Å²) < 4.78 is 57.2. The second-order valence-corrected chi connectivity index (χ2v) is 9.49. The van der Waals surface area contributed by atoms with Crippen LogP contribution in [0.4, 0.5) is 0 Å². The normalized spacial score (nSPS) is 11.4. The molecule has 2 aromatic carbocycles. The summed E-state index contributed by atoms with van der Waals surface area (Å²) in [5, 5.41) is 12.8. The Balaban J connectivity index is 1.45. The molecule has 0 radical (unpaired) electrons. The lowest BCUT2D eigenvalue weighted by Gasteiger charge is -2.14. The zero-order valence-corrected chi connectivity index (χ0v) is 22.3. The summed E-state index contributed by atoms with van der Waals surface area (Å²) in [6.07, 6.45) is 0. The summed E-state index contributed by atoms with van der Waals surface area (Å²) >= 11 is 0. The summed E-state index contributed by atoms with van der Waals surface area (Å²) in [6, 6.07) is 13.3. The van der Waals surface area contributed by atoms with E-state index in [0.717, 1.165) is 0 Å². The van der Waals surface area contributed by atoms with E-state index in [4.69, 9.17) is 23.7 Å². The number of ether oxygens (including phenoxy) is 5. The van der Waals surface area contributed by atoms with E-state index in [1.165, 1.54) is 10.6 Å². The Labute approximate surface area is 220 Å². The highest BCUT2D eigenvalue weighted by molar-refractivity contribution is 7.89. The first-order valence-electron chi connectivity index (χ1n) is 11.9. The maximum atomic E-state index is 12.9. The monoisotopic (exact) mass is 543 g/mol. The molecular formula is C25H29N5O7S. The smallest absolute Gasteiger partial charge is 0.244 e. The van der Waals surface area contributed by atoms with Crippen LogP contribution >= 0.6 is 0 Å². The van der Waals surface area contributed by atoms with Gasteiger partial charge < -0.3 is 23.7 Å². The molecule has 0 spiro atoms. The van der Waals surface area contributed by atoms with Crippen LogP contribution in [-0.2, 0) is 10.0 Å². The molecule has 0 atom stereocenters. The second-order valence-electron chi connectivity index (χ2n) is 7.76. The Kier molecular flexibility index (Phi) is 8.48. The first-order chi connectivity index (χ1) is 18.4. The van der Waals surface area contributed by atoms with Gasteiger partial charge in [0, 0.05) is 24.2 Å². The van der Waals surface area contributed by atoms with Crippen molar-refractivity contribution in [1.82, 2.24) is 24.5 Å². The fourth-order valence-corrected chi connectivity index (χ4v) is 4.79. The molecule has 0 aliphatic heterocycles. The van der Waals surface area contributed by atoms with Crippen molar-refractivity contribution in [1.29, 1.82) is 0 Å². The molecule has 0 aliphatic rings. The third kappa shape index (κ3) is 5.89. The molecule has 4 aromatic rings. The fraction of sp³-hybridized carbons (Fsp3) is 0.320. The summed E-state index contributed by atoms with van der Waals surface area (Å²) in [5.41, 5.74) is 1.23. The zero-order chi connectivity index (χ0) is 27.1. The van der Waals surface area contributed by atoms with Crippen LogP contribution < -0.4 is 28.4 Å². The molecule has 1 N–H and O–H groups in total. The lowest BCUT2D eigenvalue weighted by atomic mass is 10.2. The third-order valence-corrected chi connectivity index (χ3v) is 6.84. The van der Waals surface area contributed by atoms with Crippen molar-refractivity contribution in [2.45, 2.75) is 18.7 Å². The minimum Gasteiger partial charge on any atom is -0.494 e. The molecule has 0 saturated carbocycles. The lowest BCUT2D eigenvalue weighted by Crippen LogP contribution is -2.28. The number of nitrogens with zero attached hydrogens (tertiary/aromatic N) is 4. The third-order valence-electron chi connectivity index (χ3n) is 5.34. The molecule has 4 rings (SSSR count). The van der Waals surface area contributed by atoms with Gasteiger partial charge in [-0.25, -0.2) is 13.1 Å². The Hall–Kier alpha value is -4.10. The van der Waals surface area contributed by atoms with Crippen molar-refractivity contribution in [3.05, 3.63) is 48.5 Å². The minimum absolute atomic E-state index is 0.00550. The van der Waals surface area contributed by atoms with Gasteiger partial charge >= 0.3 is 0 Å². The van der Waals surface area contributed by atoms with E-state index in [-0.39, 0.29) is 29.7 Å². The number of rotatable bonds is 13. The number of methoxy groups -OCH3 is 2. The summed E-state index contributed by atoms with van der Waals surface area (Å²) in [7, 11) is -0.746. The predicted octanol–water partition coefficient (Wildman–Crippen LogP) is 2.96. The molecular weight excluding hydrogens is 514 g/mol. The maximum Gasteiger partial charge on any atom is 0.244 e. The standard InChI is InChI=1S/C25H29N5O7S/c1-5-35-18-8-10-22(21(16-18)36-6-2)38(31,32)26-13-14-37-24-12-11-23-27-28-25(30(23)29-24)17-7-9-19(33-3)20(15-17)34-4/h7-12,15-16,26H,5-6,13-14H2,1-4H3. The van der Waals surface area contributed by atoms with Gasteiger partial charge in [0.25, 0.3) is 0 Å². The largest absolute Gasteiger partial charge is 0.494 e. The van der Waals surface area contributed by atoms with E-state index < -0.39 is 10.0 Å². The molecule has 0 amide bonds. The van der Waals surface area contributed by atoms with Crippen LogP contribution in [0.5, 0.6) is 28.9 Å². The van der Waals surface area contributed by atoms with Gasteiger partial charge in [0.05, 0.1) is 27.4 Å².